The number of ether oxygens (including phenoxy) is 1. The largest absolute Gasteiger partial charge is 0.487 e. The third kappa shape index (κ3) is 5.21. The number of carbonyl (C=O) groups excluding carboxylic acids is 1. The lowest BCUT2D eigenvalue weighted by Gasteiger charge is -2.08. The van der Waals surface area contributed by atoms with Crippen molar-refractivity contribution in [3.05, 3.63) is 81.8 Å². The number of carbonyl (C=O) groups is 1. The molecule has 1 N–H and O–H groups in total. The predicted molar refractivity (Wildman–Crippen MR) is 102 cm³/mol. The minimum absolute atomic E-state index is 0.173. The van der Waals surface area contributed by atoms with Crippen LogP contribution in [-0.2, 0) is 11.4 Å². The molecule has 0 radical (unpaired) electrons. The van der Waals surface area contributed by atoms with Crippen molar-refractivity contribution in [2.45, 2.75) is 13.5 Å². The number of rotatable bonds is 6. The zero-order chi connectivity index (χ0) is 19.2. The highest BCUT2D eigenvalue weighted by atomic mass is 32.1. The maximum absolute atomic E-state index is 13.2. The number of nitrogens with one attached hydrogen (secondary N) is 1. The molecule has 0 spiro atoms. The van der Waals surface area contributed by atoms with Gasteiger partial charge in [0.15, 0.2) is 11.6 Å². The highest BCUT2D eigenvalue weighted by molar-refractivity contribution is 7.09. The number of anilines is 1. The number of aromatic nitrogens is 1. The van der Waals surface area contributed by atoms with Gasteiger partial charge in [0.1, 0.15) is 12.4 Å². The topological polar surface area (TPSA) is 51.2 Å². The van der Waals surface area contributed by atoms with Gasteiger partial charge in [-0.2, -0.15) is 0 Å². The van der Waals surface area contributed by atoms with Gasteiger partial charge in [-0.25, -0.2) is 13.8 Å². The van der Waals surface area contributed by atoms with E-state index in [1.54, 1.807) is 23.5 Å². The fraction of sp³-hybridized carbons (Fsp3) is 0.100. The van der Waals surface area contributed by atoms with Gasteiger partial charge in [0, 0.05) is 28.8 Å². The second-order valence-electron chi connectivity index (χ2n) is 5.64. The first-order valence-corrected chi connectivity index (χ1v) is 8.96. The molecule has 1 heterocycles. The van der Waals surface area contributed by atoms with E-state index < -0.39 is 17.5 Å². The average molecular weight is 386 g/mol. The van der Waals surface area contributed by atoms with Gasteiger partial charge in [-0.3, -0.25) is 4.79 Å². The van der Waals surface area contributed by atoms with E-state index in [9.17, 15) is 13.6 Å². The molecule has 27 heavy (non-hydrogen) atoms. The maximum Gasteiger partial charge on any atom is 0.248 e. The van der Waals surface area contributed by atoms with Crippen LogP contribution in [0.1, 0.15) is 16.3 Å². The summed E-state index contributed by atoms with van der Waals surface area (Å²) in [6.07, 6.45) is 2.90. The van der Waals surface area contributed by atoms with Gasteiger partial charge in [-0.15, -0.1) is 11.3 Å². The van der Waals surface area contributed by atoms with Crippen molar-refractivity contribution in [2.24, 2.45) is 0 Å². The second-order valence-corrected chi connectivity index (χ2v) is 6.70. The first-order chi connectivity index (χ1) is 13.0. The molecule has 0 saturated carbocycles. The van der Waals surface area contributed by atoms with Gasteiger partial charge in [0.05, 0.1) is 10.7 Å². The molecule has 0 unspecified atom stereocenters. The van der Waals surface area contributed by atoms with Crippen LogP contribution in [0.5, 0.6) is 5.75 Å². The Morgan fingerprint density at radius 2 is 2.04 bits per heavy atom. The van der Waals surface area contributed by atoms with Crippen LogP contribution in [0.4, 0.5) is 14.5 Å². The van der Waals surface area contributed by atoms with E-state index in [0.29, 0.717) is 17.9 Å². The van der Waals surface area contributed by atoms with E-state index >= 15 is 0 Å². The van der Waals surface area contributed by atoms with Crippen LogP contribution in [0.15, 0.2) is 53.9 Å². The number of para-hydroxylation sites is 1. The quantitative estimate of drug-likeness (QED) is 0.609. The fourth-order valence-corrected chi connectivity index (χ4v) is 2.90. The molecule has 0 aliphatic rings. The number of halogens is 2. The van der Waals surface area contributed by atoms with Crippen molar-refractivity contribution >= 4 is 29.0 Å². The van der Waals surface area contributed by atoms with Crippen molar-refractivity contribution in [3.8, 4) is 5.75 Å². The van der Waals surface area contributed by atoms with Gasteiger partial charge in [-0.1, -0.05) is 18.2 Å². The maximum atomic E-state index is 13.2. The highest BCUT2D eigenvalue weighted by Gasteiger charge is 2.06. The molecule has 0 fully saturated rings. The Morgan fingerprint density at radius 1 is 1.22 bits per heavy atom. The SMILES string of the molecule is Cc1nc(COc2ccccc2/C=C/C(=O)Nc2ccc(F)c(F)c2)cs1. The summed E-state index contributed by atoms with van der Waals surface area (Å²) in [7, 11) is 0. The van der Waals surface area contributed by atoms with E-state index in [-0.39, 0.29) is 5.69 Å². The minimum Gasteiger partial charge on any atom is -0.487 e. The van der Waals surface area contributed by atoms with Crippen LogP contribution in [0, 0.1) is 18.6 Å². The third-order valence-electron chi connectivity index (χ3n) is 3.56. The number of benzene rings is 2. The summed E-state index contributed by atoms with van der Waals surface area (Å²) in [5.74, 6) is -1.84. The zero-order valence-corrected chi connectivity index (χ0v) is 15.2. The van der Waals surface area contributed by atoms with Crippen LogP contribution in [0.2, 0.25) is 0 Å². The molecule has 3 aromatic rings. The standard InChI is InChI=1S/C20H16F2N2O2S/c1-13-23-16(12-27-13)11-26-19-5-3-2-4-14(19)6-9-20(25)24-15-7-8-17(21)18(22)10-15/h2-10,12H,11H2,1H3,(H,24,25)/b9-6+. The van der Waals surface area contributed by atoms with Crippen molar-refractivity contribution in [3.63, 3.8) is 0 Å². The van der Waals surface area contributed by atoms with Crippen LogP contribution in [0.25, 0.3) is 6.08 Å². The predicted octanol–water partition coefficient (Wildman–Crippen LogP) is 4.96. The van der Waals surface area contributed by atoms with Crippen molar-refractivity contribution in [1.29, 1.82) is 0 Å². The van der Waals surface area contributed by atoms with Crippen LogP contribution in [-0.4, -0.2) is 10.9 Å². The van der Waals surface area contributed by atoms with Crippen LogP contribution < -0.4 is 10.1 Å². The summed E-state index contributed by atoms with van der Waals surface area (Å²) in [5, 5.41) is 5.38. The summed E-state index contributed by atoms with van der Waals surface area (Å²) in [5.41, 5.74) is 1.73. The Balaban J connectivity index is 1.65. The smallest absolute Gasteiger partial charge is 0.248 e. The first kappa shape index (κ1) is 18.7. The average Bonchev–Trinajstić information content (AvgIpc) is 3.07. The molecule has 0 aliphatic heterocycles. The van der Waals surface area contributed by atoms with Crippen molar-refractivity contribution < 1.29 is 18.3 Å². The molecule has 0 saturated heterocycles. The summed E-state index contributed by atoms with van der Waals surface area (Å²) in [4.78, 5) is 16.4. The molecule has 0 atom stereocenters. The molecular weight excluding hydrogens is 370 g/mol. The molecule has 2 aromatic carbocycles. The molecule has 1 aromatic heterocycles. The molecule has 1 amide bonds. The summed E-state index contributed by atoms with van der Waals surface area (Å²) in [6, 6.07) is 10.4. The zero-order valence-electron chi connectivity index (χ0n) is 14.4. The lowest BCUT2D eigenvalue weighted by atomic mass is 10.2. The minimum atomic E-state index is -1.02. The summed E-state index contributed by atoms with van der Waals surface area (Å²) in [6.45, 7) is 2.26. The van der Waals surface area contributed by atoms with Gasteiger partial charge in [-0.05, 0) is 31.2 Å². The molecule has 4 nitrogen and oxygen atoms in total. The summed E-state index contributed by atoms with van der Waals surface area (Å²) < 4.78 is 31.9. The molecule has 7 heteroatoms. The van der Waals surface area contributed by atoms with E-state index in [1.807, 2.05) is 30.5 Å². The Morgan fingerprint density at radius 3 is 2.78 bits per heavy atom. The Kier molecular flexibility index (Phi) is 5.93. The summed E-state index contributed by atoms with van der Waals surface area (Å²) >= 11 is 1.55. The number of hydrogen-bond acceptors (Lipinski definition) is 4. The highest BCUT2D eigenvalue weighted by Crippen LogP contribution is 2.21. The number of hydrogen-bond donors (Lipinski definition) is 1. The number of thiazole rings is 1. The Hall–Kier alpha value is -3.06. The fourth-order valence-electron chi connectivity index (χ4n) is 2.30. The van der Waals surface area contributed by atoms with E-state index in [1.165, 1.54) is 12.1 Å². The first-order valence-electron chi connectivity index (χ1n) is 8.08. The molecular formula is C20H16F2N2O2S. The van der Waals surface area contributed by atoms with E-state index in [2.05, 4.69) is 10.3 Å². The normalized spacial score (nSPS) is 10.9. The van der Waals surface area contributed by atoms with Gasteiger partial charge < -0.3 is 10.1 Å². The van der Waals surface area contributed by atoms with Crippen LogP contribution in [0.3, 0.4) is 0 Å². The number of nitrogens with zero attached hydrogens (tertiary/aromatic N) is 1. The van der Waals surface area contributed by atoms with Gasteiger partial charge in [0.2, 0.25) is 5.91 Å². The molecule has 138 valence electrons. The van der Waals surface area contributed by atoms with Gasteiger partial charge in [0.25, 0.3) is 0 Å². The molecule has 3 rings (SSSR count). The molecule has 0 bridgehead atoms. The van der Waals surface area contributed by atoms with Crippen molar-refractivity contribution in [2.75, 3.05) is 5.32 Å². The monoisotopic (exact) mass is 386 g/mol. The lowest BCUT2D eigenvalue weighted by molar-refractivity contribution is -0.111. The Labute approximate surface area is 159 Å². The van der Waals surface area contributed by atoms with E-state index in [4.69, 9.17) is 4.74 Å². The van der Waals surface area contributed by atoms with Crippen LogP contribution >= 0.6 is 11.3 Å². The lowest BCUT2D eigenvalue weighted by Crippen LogP contribution is -2.08. The second kappa shape index (κ2) is 8.55. The third-order valence-corrected chi connectivity index (χ3v) is 4.38. The molecule has 0 aliphatic carbocycles. The number of amides is 1. The van der Waals surface area contributed by atoms with E-state index in [0.717, 1.165) is 22.8 Å². The Bertz CT molecular complexity index is 986. The van der Waals surface area contributed by atoms with Gasteiger partial charge >= 0.3 is 0 Å². The number of aryl methyl sites for hydroxylation is 1. The van der Waals surface area contributed by atoms with Crippen molar-refractivity contribution in [1.82, 2.24) is 4.98 Å².